The summed E-state index contributed by atoms with van der Waals surface area (Å²) in [5, 5.41) is 0. The van der Waals surface area contributed by atoms with E-state index in [1.165, 1.54) is 0 Å². The molecule has 0 saturated heterocycles. The van der Waals surface area contributed by atoms with Gasteiger partial charge in [0.2, 0.25) is 0 Å². The number of hydrogen-bond donors (Lipinski definition) is 1. The van der Waals surface area contributed by atoms with Gasteiger partial charge < -0.3 is 5.73 Å². The third-order valence-electron chi connectivity index (χ3n) is 2.50. The first-order chi connectivity index (χ1) is 6.23. The molecule has 0 aliphatic carbocycles. The summed E-state index contributed by atoms with van der Waals surface area (Å²) in [6, 6.07) is 5.93. The lowest BCUT2D eigenvalue weighted by atomic mass is 9.88. The van der Waals surface area contributed by atoms with Crippen LogP contribution in [-0.4, -0.2) is 4.98 Å². The highest BCUT2D eigenvalue weighted by Gasteiger charge is 2.24. The minimum Gasteiger partial charge on any atom is -0.320 e. The van der Waals surface area contributed by atoms with Crippen LogP contribution in [0.2, 0.25) is 0 Å². The van der Waals surface area contributed by atoms with Crippen molar-refractivity contribution in [2.75, 3.05) is 0 Å². The van der Waals surface area contributed by atoms with E-state index in [-0.39, 0.29) is 5.54 Å². The molecule has 1 unspecified atom stereocenters. The Morgan fingerprint density at radius 2 is 2.15 bits per heavy atom. The molecule has 0 fully saturated rings. The number of hydrogen-bond acceptors (Lipinski definition) is 2. The number of nitrogens with two attached hydrogens (primary N) is 1. The first-order valence-electron chi connectivity index (χ1n) is 4.93. The summed E-state index contributed by atoms with van der Waals surface area (Å²) in [5.74, 6) is 0. The molecular weight excluding hydrogens is 160 g/mol. The normalized spacial score (nSPS) is 15.3. The van der Waals surface area contributed by atoms with Crippen molar-refractivity contribution in [3.63, 3.8) is 0 Å². The molecule has 1 aromatic rings. The Kier molecular flexibility index (Phi) is 3.43. The second kappa shape index (κ2) is 4.38. The fourth-order valence-corrected chi connectivity index (χ4v) is 1.59. The summed E-state index contributed by atoms with van der Waals surface area (Å²) in [6.45, 7) is 4.27. The Balaban J connectivity index is 2.89. The predicted octanol–water partition coefficient (Wildman–Crippen LogP) is 2.45. The van der Waals surface area contributed by atoms with Gasteiger partial charge in [-0.25, -0.2) is 0 Å². The van der Waals surface area contributed by atoms with Crippen molar-refractivity contribution in [1.29, 1.82) is 0 Å². The van der Waals surface area contributed by atoms with Gasteiger partial charge in [0.15, 0.2) is 0 Å². The van der Waals surface area contributed by atoms with Crippen LogP contribution in [0.3, 0.4) is 0 Å². The van der Waals surface area contributed by atoms with Gasteiger partial charge in [-0.15, -0.1) is 0 Å². The van der Waals surface area contributed by atoms with Crippen LogP contribution in [0.5, 0.6) is 0 Å². The number of rotatable bonds is 4. The minimum absolute atomic E-state index is 0.226. The summed E-state index contributed by atoms with van der Waals surface area (Å²) in [5.41, 5.74) is 7.05. The fourth-order valence-electron chi connectivity index (χ4n) is 1.59. The summed E-state index contributed by atoms with van der Waals surface area (Å²) in [7, 11) is 0. The average molecular weight is 178 g/mol. The summed E-state index contributed by atoms with van der Waals surface area (Å²) >= 11 is 0. The lowest BCUT2D eigenvalue weighted by Gasteiger charge is -2.26. The highest BCUT2D eigenvalue weighted by atomic mass is 14.8. The molecule has 13 heavy (non-hydrogen) atoms. The SMILES string of the molecule is CCCC(N)(CC)c1ccccn1. The Labute approximate surface area is 80.2 Å². The molecule has 2 nitrogen and oxygen atoms in total. The van der Waals surface area contributed by atoms with E-state index in [2.05, 4.69) is 18.8 Å². The molecular formula is C11H18N2. The zero-order chi connectivity index (χ0) is 9.73. The van der Waals surface area contributed by atoms with Gasteiger partial charge in [-0.3, -0.25) is 4.98 Å². The van der Waals surface area contributed by atoms with E-state index < -0.39 is 0 Å². The maximum absolute atomic E-state index is 6.27. The largest absolute Gasteiger partial charge is 0.320 e. The molecule has 0 amide bonds. The molecule has 2 N–H and O–H groups in total. The summed E-state index contributed by atoms with van der Waals surface area (Å²) in [6.07, 6.45) is 4.85. The minimum atomic E-state index is -0.226. The molecule has 0 aromatic carbocycles. The first-order valence-corrected chi connectivity index (χ1v) is 4.93. The van der Waals surface area contributed by atoms with Crippen LogP contribution in [0.25, 0.3) is 0 Å². The third-order valence-corrected chi connectivity index (χ3v) is 2.50. The van der Waals surface area contributed by atoms with E-state index in [1.807, 2.05) is 24.4 Å². The molecule has 1 aromatic heterocycles. The molecule has 1 rings (SSSR count). The van der Waals surface area contributed by atoms with Crippen molar-refractivity contribution < 1.29 is 0 Å². The second-order valence-electron chi connectivity index (χ2n) is 3.47. The maximum Gasteiger partial charge on any atom is 0.0602 e. The van der Waals surface area contributed by atoms with Crippen molar-refractivity contribution in [3.05, 3.63) is 30.1 Å². The molecule has 72 valence electrons. The molecule has 0 radical (unpaired) electrons. The van der Waals surface area contributed by atoms with E-state index in [9.17, 15) is 0 Å². The molecule has 0 saturated carbocycles. The quantitative estimate of drug-likeness (QED) is 0.769. The maximum atomic E-state index is 6.27. The molecule has 0 bridgehead atoms. The third kappa shape index (κ3) is 2.28. The van der Waals surface area contributed by atoms with Crippen molar-refractivity contribution >= 4 is 0 Å². The Hall–Kier alpha value is -0.890. The fraction of sp³-hybridized carbons (Fsp3) is 0.545. The number of pyridine rings is 1. The zero-order valence-electron chi connectivity index (χ0n) is 8.46. The average Bonchev–Trinajstić information content (AvgIpc) is 2.19. The van der Waals surface area contributed by atoms with Crippen LogP contribution in [0, 0.1) is 0 Å². The molecule has 1 heterocycles. The molecule has 0 aliphatic heterocycles. The van der Waals surface area contributed by atoms with E-state index in [1.54, 1.807) is 0 Å². The Morgan fingerprint density at radius 1 is 1.38 bits per heavy atom. The standard InChI is InChI=1S/C11H18N2/c1-3-8-11(12,4-2)10-7-5-6-9-13-10/h5-7,9H,3-4,8,12H2,1-2H3. The number of nitrogens with zero attached hydrogens (tertiary/aromatic N) is 1. The Bertz CT molecular complexity index is 246. The lowest BCUT2D eigenvalue weighted by molar-refractivity contribution is 0.379. The van der Waals surface area contributed by atoms with Crippen LogP contribution in [0.4, 0.5) is 0 Å². The van der Waals surface area contributed by atoms with Gasteiger partial charge in [-0.2, -0.15) is 0 Å². The highest BCUT2D eigenvalue weighted by Crippen LogP contribution is 2.24. The predicted molar refractivity (Wildman–Crippen MR) is 55.3 cm³/mol. The van der Waals surface area contributed by atoms with Gasteiger partial charge >= 0.3 is 0 Å². The van der Waals surface area contributed by atoms with Gasteiger partial charge in [-0.05, 0) is 25.0 Å². The lowest BCUT2D eigenvalue weighted by Crippen LogP contribution is -2.36. The Morgan fingerprint density at radius 3 is 2.62 bits per heavy atom. The van der Waals surface area contributed by atoms with Crippen molar-refractivity contribution in [3.8, 4) is 0 Å². The van der Waals surface area contributed by atoms with E-state index in [0.29, 0.717) is 0 Å². The summed E-state index contributed by atoms with van der Waals surface area (Å²) < 4.78 is 0. The molecule has 2 heteroatoms. The zero-order valence-corrected chi connectivity index (χ0v) is 8.46. The van der Waals surface area contributed by atoms with Gasteiger partial charge in [-0.1, -0.05) is 26.3 Å². The summed E-state index contributed by atoms with van der Waals surface area (Å²) in [4.78, 5) is 4.32. The van der Waals surface area contributed by atoms with Gasteiger partial charge in [0.1, 0.15) is 0 Å². The van der Waals surface area contributed by atoms with Gasteiger partial charge in [0.05, 0.1) is 11.2 Å². The van der Waals surface area contributed by atoms with Gasteiger partial charge in [0.25, 0.3) is 0 Å². The molecule has 0 aliphatic rings. The van der Waals surface area contributed by atoms with Crippen LogP contribution < -0.4 is 5.73 Å². The highest BCUT2D eigenvalue weighted by molar-refractivity contribution is 5.14. The van der Waals surface area contributed by atoms with Crippen LogP contribution in [0.15, 0.2) is 24.4 Å². The second-order valence-corrected chi connectivity index (χ2v) is 3.47. The van der Waals surface area contributed by atoms with Crippen LogP contribution in [0.1, 0.15) is 38.8 Å². The monoisotopic (exact) mass is 178 g/mol. The van der Waals surface area contributed by atoms with E-state index in [0.717, 1.165) is 25.0 Å². The van der Waals surface area contributed by atoms with Crippen molar-refractivity contribution in [2.45, 2.75) is 38.6 Å². The van der Waals surface area contributed by atoms with Crippen LogP contribution in [-0.2, 0) is 5.54 Å². The van der Waals surface area contributed by atoms with E-state index in [4.69, 9.17) is 5.73 Å². The van der Waals surface area contributed by atoms with Crippen molar-refractivity contribution in [2.24, 2.45) is 5.73 Å². The van der Waals surface area contributed by atoms with Crippen molar-refractivity contribution in [1.82, 2.24) is 4.98 Å². The smallest absolute Gasteiger partial charge is 0.0602 e. The molecule has 0 spiro atoms. The van der Waals surface area contributed by atoms with Gasteiger partial charge in [0, 0.05) is 6.20 Å². The molecule has 1 atom stereocenters. The van der Waals surface area contributed by atoms with Crippen LogP contribution >= 0.6 is 0 Å². The first kappa shape index (κ1) is 10.2. The topological polar surface area (TPSA) is 38.9 Å². The number of aromatic nitrogens is 1. The van der Waals surface area contributed by atoms with E-state index >= 15 is 0 Å².